The van der Waals surface area contributed by atoms with E-state index < -0.39 is 0 Å². The minimum Gasteiger partial charge on any atom is -0.334 e. The molecule has 0 N–H and O–H groups in total. The first-order valence-electron chi connectivity index (χ1n) is 2.13. The van der Waals surface area contributed by atoms with Crippen LogP contribution >= 0.6 is 0 Å². The van der Waals surface area contributed by atoms with Crippen LogP contribution in [-0.4, -0.2) is 5.78 Å². The Kier molecular flexibility index (Phi) is 11.3. The summed E-state index contributed by atoms with van der Waals surface area (Å²) in [5, 5.41) is 0. The third-order valence-corrected chi connectivity index (χ3v) is 0.670. The SMILES string of the molecule is C[CH-]C(=O)CC.[K+]. The standard InChI is InChI=1S/C5H9O.K/c1-3-5(6)4-2;/h3H,4H2,1-2H3;/q-1;+1. The Morgan fingerprint density at radius 2 is 2.14 bits per heavy atom. The summed E-state index contributed by atoms with van der Waals surface area (Å²) in [6, 6.07) is 0. The van der Waals surface area contributed by atoms with E-state index in [-0.39, 0.29) is 57.2 Å². The number of ketones is 1. The molecule has 0 aromatic carbocycles. The van der Waals surface area contributed by atoms with Crippen molar-refractivity contribution < 1.29 is 56.2 Å². The summed E-state index contributed by atoms with van der Waals surface area (Å²) in [5.74, 6) is 0.218. The van der Waals surface area contributed by atoms with Gasteiger partial charge in [0.1, 0.15) is 0 Å². The maximum atomic E-state index is 10.1. The van der Waals surface area contributed by atoms with Gasteiger partial charge in [-0.15, -0.1) is 0 Å². The van der Waals surface area contributed by atoms with Gasteiger partial charge in [0.25, 0.3) is 0 Å². The molecule has 0 amide bonds. The molecule has 7 heavy (non-hydrogen) atoms. The maximum Gasteiger partial charge on any atom is 1.00 e. The van der Waals surface area contributed by atoms with Crippen LogP contribution in [0, 0.1) is 6.42 Å². The monoisotopic (exact) mass is 124 g/mol. The number of carbonyl (C=O) groups is 1. The summed E-state index contributed by atoms with van der Waals surface area (Å²) in [5.41, 5.74) is 0. The Morgan fingerprint density at radius 3 is 2.14 bits per heavy atom. The zero-order valence-corrected chi connectivity index (χ0v) is 8.32. The molecule has 0 aliphatic rings. The van der Waals surface area contributed by atoms with E-state index >= 15 is 0 Å². The van der Waals surface area contributed by atoms with Crippen LogP contribution in [0.25, 0.3) is 0 Å². The fraction of sp³-hybridized carbons (Fsp3) is 0.600. The van der Waals surface area contributed by atoms with Gasteiger partial charge in [-0.25, -0.2) is 0 Å². The Hall–Kier alpha value is 1.18. The number of carbonyl (C=O) groups excluding carboxylic acids is 1. The van der Waals surface area contributed by atoms with Crippen molar-refractivity contribution in [1.29, 1.82) is 0 Å². The first kappa shape index (κ1) is 11.0. The molecule has 0 saturated heterocycles. The van der Waals surface area contributed by atoms with Crippen molar-refractivity contribution in [2.75, 3.05) is 0 Å². The van der Waals surface area contributed by atoms with Crippen molar-refractivity contribution in [3.63, 3.8) is 0 Å². The van der Waals surface area contributed by atoms with Gasteiger partial charge in [0.15, 0.2) is 0 Å². The molecule has 0 radical (unpaired) electrons. The van der Waals surface area contributed by atoms with Crippen LogP contribution in [-0.2, 0) is 4.79 Å². The van der Waals surface area contributed by atoms with Gasteiger partial charge in [-0.05, 0) is 12.2 Å². The van der Waals surface area contributed by atoms with Gasteiger partial charge in [-0.1, -0.05) is 6.92 Å². The maximum absolute atomic E-state index is 10.1. The first-order valence-corrected chi connectivity index (χ1v) is 2.13. The second kappa shape index (κ2) is 7.18. The van der Waals surface area contributed by atoms with Crippen molar-refractivity contribution in [2.24, 2.45) is 0 Å². The molecule has 1 nitrogen and oxygen atoms in total. The third kappa shape index (κ3) is 7.18. The van der Waals surface area contributed by atoms with E-state index in [1.54, 1.807) is 13.3 Å². The quantitative estimate of drug-likeness (QED) is 0.313. The van der Waals surface area contributed by atoms with Crippen LogP contribution in [0.4, 0.5) is 0 Å². The average Bonchev–Trinajstić information content (AvgIpc) is 1.65. The Morgan fingerprint density at radius 1 is 1.71 bits per heavy atom. The van der Waals surface area contributed by atoms with Crippen molar-refractivity contribution in [3.8, 4) is 0 Å². The van der Waals surface area contributed by atoms with Gasteiger partial charge in [0.05, 0.1) is 0 Å². The molecule has 2 heteroatoms. The second-order valence-corrected chi connectivity index (χ2v) is 1.11. The predicted octanol–water partition coefficient (Wildman–Crippen LogP) is -1.81. The summed E-state index contributed by atoms with van der Waals surface area (Å²) < 4.78 is 0. The third-order valence-electron chi connectivity index (χ3n) is 0.670. The summed E-state index contributed by atoms with van der Waals surface area (Å²) in [6.07, 6.45) is 2.22. The molecule has 0 aliphatic carbocycles. The summed E-state index contributed by atoms with van der Waals surface area (Å²) >= 11 is 0. The average molecular weight is 124 g/mol. The fourth-order valence-electron chi connectivity index (χ4n) is 0.204. The molecular weight excluding hydrogens is 115 g/mol. The number of rotatable bonds is 2. The van der Waals surface area contributed by atoms with Crippen molar-refractivity contribution >= 4 is 5.78 Å². The van der Waals surface area contributed by atoms with Gasteiger partial charge in [0, 0.05) is 0 Å². The van der Waals surface area contributed by atoms with Gasteiger partial charge >= 0.3 is 51.4 Å². The van der Waals surface area contributed by atoms with Crippen LogP contribution in [0.5, 0.6) is 0 Å². The molecule has 0 rings (SSSR count). The molecule has 0 aromatic heterocycles. The van der Waals surface area contributed by atoms with E-state index in [4.69, 9.17) is 0 Å². The van der Waals surface area contributed by atoms with E-state index in [1.165, 1.54) is 0 Å². The van der Waals surface area contributed by atoms with E-state index in [9.17, 15) is 4.79 Å². The van der Waals surface area contributed by atoms with Crippen LogP contribution in [0.15, 0.2) is 0 Å². The van der Waals surface area contributed by atoms with Crippen LogP contribution in [0.1, 0.15) is 20.3 Å². The molecule has 0 fully saturated rings. The van der Waals surface area contributed by atoms with Crippen LogP contribution in [0.3, 0.4) is 0 Å². The van der Waals surface area contributed by atoms with Gasteiger partial charge in [0.2, 0.25) is 0 Å². The van der Waals surface area contributed by atoms with E-state index in [1.807, 2.05) is 6.92 Å². The van der Waals surface area contributed by atoms with Gasteiger partial charge < -0.3 is 11.2 Å². The number of hydrogen-bond donors (Lipinski definition) is 0. The van der Waals surface area contributed by atoms with E-state index in [0.29, 0.717) is 6.42 Å². The zero-order chi connectivity index (χ0) is 4.99. The van der Waals surface area contributed by atoms with Crippen molar-refractivity contribution in [2.45, 2.75) is 20.3 Å². The van der Waals surface area contributed by atoms with Crippen molar-refractivity contribution in [3.05, 3.63) is 6.42 Å². The molecule has 0 heterocycles. The fourth-order valence-corrected chi connectivity index (χ4v) is 0.204. The molecule has 0 saturated carbocycles. The summed E-state index contributed by atoms with van der Waals surface area (Å²) in [4.78, 5) is 10.1. The molecule has 0 aromatic rings. The normalized spacial score (nSPS) is 6.57. The molecular formula is C5H9KO. The zero-order valence-electron chi connectivity index (χ0n) is 5.19. The van der Waals surface area contributed by atoms with Crippen LogP contribution < -0.4 is 51.4 Å². The Labute approximate surface area is 87.3 Å². The smallest absolute Gasteiger partial charge is 0.334 e. The molecule has 0 unspecified atom stereocenters. The van der Waals surface area contributed by atoms with Crippen molar-refractivity contribution in [1.82, 2.24) is 0 Å². The van der Waals surface area contributed by atoms with Crippen LogP contribution in [0.2, 0.25) is 0 Å². The van der Waals surface area contributed by atoms with E-state index in [2.05, 4.69) is 0 Å². The second-order valence-electron chi connectivity index (χ2n) is 1.11. The summed E-state index contributed by atoms with van der Waals surface area (Å²) in [7, 11) is 0. The minimum atomic E-state index is 0. The molecule has 0 bridgehead atoms. The van der Waals surface area contributed by atoms with Gasteiger partial charge in [-0.3, -0.25) is 0 Å². The molecule has 0 atom stereocenters. The molecule has 0 aliphatic heterocycles. The Bertz CT molecular complexity index is 46.0. The largest absolute Gasteiger partial charge is 1.00 e. The topological polar surface area (TPSA) is 17.1 Å². The van der Waals surface area contributed by atoms with E-state index in [0.717, 1.165) is 0 Å². The first-order chi connectivity index (χ1) is 2.81. The molecule has 0 spiro atoms. The Balaban J connectivity index is 0. The van der Waals surface area contributed by atoms with Gasteiger partial charge in [-0.2, -0.15) is 6.92 Å². The molecule has 36 valence electrons. The number of hydrogen-bond acceptors (Lipinski definition) is 1. The predicted molar refractivity (Wildman–Crippen MR) is 25.3 cm³/mol. The minimum absolute atomic E-state index is 0. The number of Topliss-reactive ketones (excluding diaryl/α,β-unsaturated/α-hetero) is 1. The summed E-state index contributed by atoms with van der Waals surface area (Å²) in [6.45, 7) is 3.61.